The van der Waals surface area contributed by atoms with Crippen LogP contribution in [0.5, 0.6) is 5.75 Å². The highest BCUT2D eigenvalue weighted by Gasteiger charge is 2.48. The number of ether oxygens (including phenoxy) is 1. The molecule has 0 aliphatic carbocycles. The van der Waals surface area contributed by atoms with E-state index in [1.54, 1.807) is 7.11 Å². The van der Waals surface area contributed by atoms with Crippen molar-refractivity contribution in [3.63, 3.8) is 0 Å². The lowest BCUT2D eigenvalue weighted by Gasteiger charge is -2.48. The third-order valence-electron chi connectivity index (χ3n) is 6.64. The number of hydrogen-bond acceptors (Lipinski definition) is 3. The molecule has 0 bridgehead atoms. The van der Waals surface area contributed by atoms with Gasteiger partial charge in [0, 0.05) is 30.0 Å². The maximum Gasteiger partial charge on any atom is 0.124 e. The van der Waals surface area contributed by atoms with Gasteiger partial charge in [-0.2, -0.15) is 0 Å². The number of aryl methyl sites for hydroxylation is 2. The maximum absolute atomic E-state index is 12.2. The fourth-order valence-electron chi connectivity index (χ4n) is 4.72. The second-order valence-corrected chi connectivity index (χ2v) is 8.64. The largest absolute Gasteiger partial charge is 0.496 e. The summed E-state index contributed by atoms with van der Waals surface area (Å²) in [5, 5.41) is 16.0. The van der Waals surface area contributed by atoms with E-state index in [1.807, 2.05) is 24.3 Å². The summed E-state index contributed by atoms with van der Waals surface area (Å²) in [4.78, 5) is 0. The number of hydrogen-bond donors (Lipinski definition) is 2. The summed E-state index contributed by atoms with van der Waals surface area (Å²) < 4.78 is 5.65. The molecule has 3 heteroatoms. The number of benzene rings is 3. The summed E-state index contributed by atoms with van der Waals surface area (Å²) in [7, 11) is 1.67. The molecule has 0 spiro atoms. The van der Waals surface area contributed by atoms with Crippen molar-refractivity contribution in [2.45, 2.75) is 44.9 Å². The zero-order valence-corrected chi connectivity index (χ0v) is 18.2. The monoisotopic (exact) mass is 401 g/mol. The van der Waals surface area contributed by atoms with Gasteiger partial charge in [-0.05, 0) is 31.0 Å². The van der Waals surface area contributed by atoms with E-state index in [0.717, 1.165) is 11.3 Å². The SMILES string of the molecule is COc1ccccc1[C@]1(O)C[C@@H](c2ccc(C)cc2)N[C@H](c2ccc(C)cc2)[C@@H]1C. The maximum atomic E-state index is 12.2. The van der Waals surface area contributed by atoms with E-state index < -0.39 is 5.60 Å². The lowest BCUT2D eigenvalue weighted by atomic mass is 9.68. The van der Waals surface area contributed by atoms with Gasteiger partial charge >= 0.3 is 0 Å². The summed E-state index contributed by atoms with van der Waals surface area (Å²) in [6.45, 7) is 6.33. The smallest absolute Gasteiger partial charge is 0.124 e. The van der Waals surface area contributed by atoms with Gasteiger partial charge in [0.2, 0.25) is 0 Å². The standard InChI is InChI=1S/C27H31NO2/c1-18-9-13-21(14-10-18)24-17-27(29,23-7-5-6-8-25(23)30-4)20(3)26(28-24)22-15-11-19(2)12-16-22/h5-16,20,24,26,28-29H,17H2,1-4H3/t20-,24-,26-,27-/m0/s1. The molecule has 0 radical (unpaired) electrons. The van der Waals surface area contributed by atoms with E-state index >= 15 is 0 Å². The Morgan fingerprint density at radius 2 is 1.43 bits per heavy atom. The van der Waals surface area contributed by atoms with Gasteiger partial charge in [0.15, 0.2) is 0 Å². The number of rotatable bonds is 4. The molecule has 1 aliphatic rings. The molecule has 3 aromatic rings. The first-order valence-corrected chi connectivity index (χ1v) is 10.7. The first-order valence-electron chi connectivity index (χ1n) is 10.7. The zero-order valence-electron chi connectivity index (χ0n) is 18.2. The Morgan fingerprint density at radius 1 is 0.867 bits per heavy atom. The van der Waals surface area contributed by atoms with Gasteiger partial charge in [-0.25, -0.2) is 0 Å². The Balaban J connectivity index is 1.81. The molecule has 1 saturated heterocycles. The van der Waals surface area contributed by atoms with Gasteiger partial charge in [0.25, 0.3) is 0 Å². The Morgan fingerprint density at radius 3 is 2.03 bits per heavy atom. The van der Waals surface area contributed by atoms with Crippen LogP contribution in [0.25, 0.3) is 0 Å². The molecule has 4 atom stereocenters. The van der Waals surface area contributed by atoms with Crippen molar-refractivity contribution in [2.24, 2.45) is 5.92 Å². The molecule has 2 N–H and O–H groups in total. The van der Waals surface area contributed by atoms with Gasteiger partial charge in [-0.3, -0.25) is 0 Å². The van der Waals surface area contributed by atoms with Crippen molar-refractivity contribution >= 4 is 0 Å². The molecule has 0 unspecified atom stereocenters. The molecule has 0 saturated carbocycles. The molecule has 0 amide bonds. The Labute approximate surface area is 179 Å². The average molecular weight is 402 g/mol. The van der Waals surface area contributed by atoms with E-state index in [0.29, 0.717) is 6.42 Å². The molecule has 156 valence electrons. The van der Waals surface area contributed by atoms with Crippen LogP contribution < -0.4 is 10.1 Å². The van der Waals surface area contributed by atoms with Crippen molar-refractivity contribution in [2.75, 3.05) is 7.11 Å². The number of para-hydroxylation sites is 1. The summed E-state index contributed by atoms with van der Waals surface area (Å²) in [5.41, 5.74) is 4.69. The number of aliphatic hydroxyl groups is 1. The highest BCUT2D eigenvalue weighted by Crippen LogP contribution is 2.50. The topological polar surface area (TPSA) is 41.5 Å². The quantitative estimate of drug-likeness (QED) is 0.597. The summed E-state index contributed by atoms with van der Waals surface area (Å²) in [6, 6.07) is 25.1. The van der Waals surface area contributed by atoms with Gasteiger partial charge in [-0.1, -0.05) is 84.8 Å². The molecule has 30 heavy (non-hydrogen) atoms. The summed E-state index contributed by atoms with van der Waals surface area (Å²) in [6.07, 6.45) is 0.583. The van der Waals surface area contributed by atoms with Crippen LogP contribution in [-0.4, -0.2) is 12.2 Å². The van der Waals surface area contributed by atoms with E-state index in [2.05, 4.69) is 74.6 Å². The molecule has 3 aromatic carbocycles. The fourth-order valence-corrected chi connectivity index (χ4v) is 4.72. The second-order valence-electron chi connectivity index (χ2n) is 8.64. The predicted molar refractivity (Wildman–Crippen MR) is 122 cm³/mol. The predicted octanol–water partition coefficient (Wildman–Crippen LogP) is 5.61. The van der Waals surface area contributed by atoms with E-state index in [4.69, 9.17) is 4.74 Å². The van der Waals surface area contributed by atoms with Crippen LogP contribution in [0, 0.1) is 19.8 Å². The molecule has 3 nitrogen and oxygen atoms in total. The lowest BCUT2D eigenvalue weighted by molar-refractivity contribution is -0.0755. The summed E-state index contributed by atoms with van der Waals surface area (Å²) >= 11 is 0. The van der Waals surface area contributed by atoms with Crippen molar-refractivity contribution < 1.29 is 9.84 Å². The van der Waals surface area contributed by atoms with Crippen LogP contribution in [0.1, 0.15) is 53.2 Å². The molecular formula is C27H31NO2. The minimum atomic E-state index is -1.02. The lowest BCUT2D eigenvalue weighted by Crippen LogP contribution is -2.50. The van der Waals surface area contributed by atoms with Crippen LogP contribution >= 0.6 is 0 Å². The third-order valence-corrected chi connectivity index (χ3v) is 6.64. The van der Waals surface area contributed by atoms with Crippen LogP contribution in [0.15, 0.2) is 72.8 Å². The molecule has 4 rings (SSSR count). The Hall–Kier alpha value is -2.62. The van der Waals surface area contributed by atoms with Crippen LogP contribution in [-0.2, 0) is 5.60 Å². The normalized spacial score (nSPS) is 26.4. The fraction of sp³-hybridized carbons (Fsp3) is 0.333. The first kappa shape index (κ1) is 20.6. The highest BCUT2D eigenvalue weighted by atomic mass is 16.5. The Bertz CT molecular complexity index is 996. The second kappa shape index (κ2) is 8.25. The highest BCUT2D eigenvalue weighted by molar-refractivity contribution is 5.41. The molecule has 1 heterocycles. The van der Waals surface area contributed by atoms with Crippen LogP contribution in [0.2, 0.25) is 0 Å². The van der Waals surface area contributed by atoms with Crippen LogP contribution in [0.3, 0.4) is 0 Å². The third kappa shape index (κ3) is 3.76. The molecule has 1 fully saturated rings. The Kier molecular flexibility index (Phi) is 5.68. The van der Waals surface area contributed by atoms with Gasteiger partial charge < -0.3 is 15.2 Å². The van der Waals surface area contributed by atoms with E-state index in [9.17, 15) is 5.11 Å². The molecule has 0 aromatic heterocycles. The van der Waals surface area contributed by atoms with Gasteiger partial charge in [-0.15, -0.1) is 0 Å². The molecular weight excluding hydrogens is 370 g/mol. The minimum absolute atomic E-state index is 0.0144. The molecule has 1 aliphatic heterocycles. The van der Waals surface area contributed by atoms with E-state index in [1.165, 1.54) is 22.3 Å². The van der Waals surface area contributed by atoms with Crippen molar-refractivity contribution in [3.8, 4) is 5.75 Å². The number of methoxy groups -OCH3 is 1. The van der Waals surface area contributed by atoms with Crippen LogP contribution in [0.4, 0.5) is 0 Å². The van der Waals surface area contributed by atoms with Gasteiger partial charge in [0.1, 0.15) is 5.75 Å². The van der Waals surface area contributed by atoms with Crippen molar-refractivity contribution in [1.29, 1.82) is 0 Å². The number of nitrogens with one attached hydrogen (secondary N) is 1. The van der Waals surface area contributed by atoms with E-state index in [-0.39, 0.29) is 18.0 Å². The first-order chi connectivity index (χ1) is 14.4. The number of piperidine rings is 1. The average Bonchev–Trinajstić information content (AvgIpc) is 2.77. The zero-order chi connectivity index (χ0) is 21.3. The van der Waals surface area contributed by atoms with Gasteiger partial charge in [0.05, 0.1) is 12.7 Å². The van der Waals surface area contributed by atoms with Crippen molar-refractivity contribution in [3.05, 3.63) is 101 Å². The minimum Gasteiger partial charge on any atom is -0.496 e. The summed E-state index contributed by atoms with van der Waals surface area (Å²) in [5.74, 6) is 0.692. The van der Waals surface area contributed by atoms with Crippen molar-refractivity contribution in [1.82, 2.24) is 5.32 Å².